The van der Waals surface area contributed by atoms with Crippen LogP contribution in [0.5, 0.6) is 0 Å². The van der Waals surface area contributed by atoms with E-state index in [1.54, 1.807) is 13.2 Å². The van der Waals surface area contributed by atoms with E-state index in [1.807, 2.05) is 0 Å². The highest BCUT2D eigenvalue weighted by Gasteiger charge is 2.20. The van der Waals surface area contributed by atoms with Crippen molar-refractivity contribution in [3.63, 3.8) is 0 Å². The van der Waals surface area contributed by atoms with Gasteiger partial charge < -0.3 is 9.47 Å². The van der Waals surface area contributed by atoms with Crippen LogP contribution in [0.2, 0.25) is 0 Å². The number of esters is 1. The fraction of sp³-hybridized carbons (Fsp3) is 0.786. The van der Waals surface area contributed by atoms with Crippen molar-refractivity contribution >= 4 is 5.97 Å². The second-order valence-electron chi connectivity index (χ2n) is 5.16. The smallest absolute Gasteiger partial charge is 0.337 e. The Kier molecular flexibility index (Phi) is 4.46. The molecule has 0 aliphatic heterocycles. The predicted molar refractivity (Wildman–Crippen MR) is 65.4 cm³/mol. The molecule has 0 N–H and O–H groups in total. The first kappa shape index (κ1) is 12.5. The van der Waals surface area contributed by atoms with Crippen LogP contribution in [-0.4, -0.2) is 18.2 Å². The third kappa shape index (κ3) is 3.76. The van der Waals surface area contributed by atoms with Crippen molar-refractivity contribution in [1.82, 2.24) is 0 Å². The molecule has 0 unspecified atom stereocenters. The summed E-state index contributed by atoms with van der Waals surface area (Å²) in [5.74, 6) is -0.213. The molecule has 2 fully saturated rings. The molecule has 0 radical (unpaired) electrons. The monoisotopic (exact) mass is 238 g/mol. The molecule has 2 aliphatic carbocycles. The molecule has 0 atom stereocenters. The topological polar surface area (TPSA) is 35.5 Å². The standard InChI is InChI=1S/C14H22O3/c1-11(10-16-12-6-2-3-7-12)14(15)17-13-8-4-5-9-13/h10,12-13H,2-9H2,1H3. The van der Waals surface area contributed by atoms with Crippen molar-refractivity contribution in [3.05, 3.63) is 11.8 Å². The van der Waals surface area contributed by atoms with Crippen LogP contribution in [0.4, 0.5) is 0 Å². The van der Waals surface area contributed by atoms with Gasteiger partial charge in [0.05, 0.1) is 17.9 Å². The van der Waals surface area contributed by atoms with Crippen LogP contribution < -0.4 is 0 Å². The Morgan fingerprint density at radius 3 is 2.12 bits per heavy atom. The van der Waals surface area contributed by atoms with Crippen LogP contribution in [0.3, 0.4) is 0 Å². The summed E-state index contributed by atoms with van der Waals surface area (Å²) < 4.78 is 11.0. The van der Waals surface area contributed by atoms with E-state index in [9.17, 15) is 4.79 Å². The van der Waals surface area contributed by atoms with Gasteiger partial charge in [0, 0.05) is 0 Å². The molecule has 3 heteroatoms. The lowest BCUT2D eigenvalue weighted by Gasteiger charge is -2.13. The minimum atomic E-state index is -0.213. The van der Waals surface area contributed by atoms with Gasteiger partial charge in [-0.3, -0.25) is 0 Å². The van der Waals surface area contributed by atoms with Gasteiger partial charge in [0.25, 0.3) is 0 Å². The number of rotatable bonds is 4. The molecule has 0 spiro atoms. The number of ether oxygens (including phenoxy) is 2. The zero-order valence-electron chi connectivity index (χ0n) is 10.6. The van der Waals surface area contributed by atoms with Gasteiger partial charge in [0.15, 0.2) is 0 Å². The van der Waals surface area contributed by atoms with Crippen LogP contribution in [-0.2, 0) is 14.3 Å². The Morgan fingerprint density at radius 1 is 1.00 bits per heavy atom. The number of carbonyl (C=O) groups excluding carboxylic acids is 1. The maximum Gasteiger partial charge on any atom is 0.337 e. The van der Waals surface area contributed by atoms with E-state index in [-0.39, 0.29) is 12.1 Å². The van der Waals surface area contributed by atoms with Crippen molar-refractivity contribution in [3.8, 4) is 0 Å². The summed E-state index contributed by atoms with van der Waals surface area (Å²) in [6, 6.07) is 0. The van der Waals surface area contributed by atoms with Crippen LogP contribution in [0, 0.1) is 0 Å². The van der Waals surface area contributed by atoms with Gasteiger partial charge in [-0.25, -0.2) is 4.79 Å². The number of hydrogen-bond acceptors (Lipinski definition) is 3. The Morgan fingerprint density at radius 2 is 1.53 bits per heavy atom. The van der Waals surface area contributed by atoms with Gasteiger partial charge >= 0.3 is 5.97 Å². The Bertz CT molecular complexity index is 284. The van der Waals surface area contributed by atoms with Crippen LogP contribution in [0.1, 0.15) is 58.3 Å². The summed E-state index contributed by atoms with van der Waals surface area (Å²) in [6.07, 6.45) is 11.1. The maximum atomic E-state index is 11.7. The molecular weight excluding hydrogens is 216 g/mol. The first-order valence-corrected chi connectivity index (χ1v) is 6.79. The van der Waals surface area contributed by atoms with Gasteiger partial charge in [-0.15, -0.1) is 0 Å². The first-order chi connectivity index (χ1) is 8.25. The Balaban J connectivity index is 1.74. The summed E-state index contributed by atoms with van der Waals surface area (Å²) in [5.41, 5.74) is 0.587. The highest BCUT2D eigenvalue weighted by atomic mass is 16.5. The molecule has 0 heterocycles. The van der Waals surface area contributed by atoms with Crippen molar-refractivity contribution in [2.45, 2.75) is 70.5 Å². The van der Waals surface area contributed by atoms with E-state index in [1.165, 1.54) is 25.7 Å². The second kappa shape index (κ2) is 6.08. The lowest BCUT2D eigenvalue weighted by molar-refractivity contribution is -0.144. The molecule has 17 heavy (non-hydrogen) atoms. The third-order valence-corrected chi connectivity index (χ3v) is 3.64. The predicted octanol–water partition coefficient (Wildman–Crippen LogP) is 3.34. The summed E-state index contributed by atoms with van der Waals surface area (Å²) in [7, 11) is 0. The highest BCUT2D eigenvalue weighted by molar-refractivity contribution is 5.87. The SMILES string of the molecule is CC(=COC1CCCC1)C(=O)OC1CCCC1. The van der Waals surface area contributed by atoms with E-state index in [0.717, 1.165) is 25.7 Å². The van der Waals surface area contributed by atoms with Gasteiger partial charge in [-0.1, -0.05) is 0 Å². The van der Waals surface area contributed by atoms with Crippen molar-refractivity contribution in [1.29, 1.82) is 0 Å². The van der Waals surface area contributed by atoms with Crippen LogP contribution in [0.25, 0.3) is 0 Å². The van der Waals surface area contributed by atoms with Crippen molar-refractivity contribution in [2.75, 3.05) is 0 Å². The fourth-order valence-electron chi connectivity index (χ4n) is 2.52. The largest absolute Gasteiger partial charge is 0.497 e. The molecule has 0 bridgehead atoms. The fourth-order valence-corrected chi connectivity index (χ4v) is 2.52. The van der Waals surface area contributed by atoms with Gasteiger partial charge in [-0.2, -0.15) is 0 Å². The second-order valence-corrected chi connectivity index (χ2v) is 5.16. The number of hydrogen-bond donors (Lipinski definition) is 0. The summed E-state index contributed by atoms with van der Waals surface area (Å²) >= 11 is 0. The van der Waals surface area contributed by atoms with Crippen molar-refractivity contribution < 1.29 is 14.3 Å². The lowest BCUT2D eigenvalue weighted by Crippen LogP contribution is -2.16. The van der Waals surface area contributed by atoms with Gasteiger partial charge in [0.1, 0.15) is 6.10 Å². The van der Waals surface area contributed by atoms with E-state index in [2.05, 4.69) is 0 Å². The van der Waals surface area contributed by atoms with E-state index >= 15 is 0 Å². The van der Waals surface area contributed by atoms with Crippen LogP contribution in [0.15, 0.2) is 11.8 Å². The van der Waals surface area contributed by atoms with Gasteiger partial charge in [-0.05, 0) is 58.3 Å². The third-order valence-electron chi connectivity index (χ3n) is 3.64. The number of carbonyl (C=O) groups is 1. The summed E-state index contributed by atoms with van der Waals surface area (Å²) in [4.78, 5) is 11.7. The molecule has 0 aromatic carbocycles. The van der Waals surface area contributed by atoms with Crippen LogP contribution >= 0.6 is 0 Å². The van der Waals surface area contributed by atoms with E-state index in [4.69, 9.17) is 9.47 Å². The lowest BCUT2D eigenvalue weighted by atomic mass is 10.3. The minimum absolute atomic E-state index is 0.136. The zero-order valence-corrected chi connectivity index (χ0v) is 10.6. The molecule has 2 rings (SSSR count). The zero-order chi connectivity index (χ0) is 12.1. The molecule has 0 amide bonds. The summed E-state index contributed by atoms with van der Waals surface area (Å²) in [6.45, 7) is 1.77. The average molecular weight is 238 g/mol. The molecule has 0 aromatic heterocycles. The molecule has 2 saturated carbocycles. The normalized spacial score (nSPS) is 23.0. The van der Waals surface area contributed by atoms with E-state index in [0.29, 0.717) is 11.7 Å². The Hall–Kier alpha value is -0.990. The first-order valence-electron chi connectivity index (χ1n) is 6.79. The molecule has 0 saturated heterocycles. The molecule has 3 nitrogen and oxygen atoms in total. The van der Waals surface area contributed by atoms with Gasteiger partial charge in [0.2, 0.25) is 0 Å². The van der Waals surface area contributed by atoms with Crippen molar-refractivity contribution in [2.24, 2.45) is 0 Å². The highest BCUT2D eigenvalue weighted by Crippen LogP contribution is 2.23. The molecule has 0 aromatic rings. The molecular formula is C14H22O3. The molecule has 96 valence electrons. The average Bonchev–Trinajstić information content (AvgIpc) is 2.98. The minimum Gasteiger partial charge on any atom is -0.497 e. The Labute approximate surface area is 103 Å². The van der Waals surface area contributed by atoms with E-state index < -0.39 is 0 Å². The maximum absolute atomic E-state index is 11.7. The quantitative estimate of drug-likeness (QED) is 0.428. The molecule has 2 aliphatic rings. The summed E-state index contributed by atoms with van der Waals surface area (Å²) in [5, 5.41) is 0.